The number of fused-ring (bicyclic) bond motifs is 1. The van der Waals surface area contributed by atoms with Gasteiger partial charge in [0, 0.05) is 23.3 Å². The Morgan fingerprint density at radius 1 is 1.55 bits per heavy atom. The van der Waals surface area contributed by atoms with Gasteiger partial charge in [-0.25, -0.2) is 4.79 Å². The molecule has 1 fully saturated rings. The third kappa shape index (κ3) is 1.86. The number of hydrogen-bond donors (Lipinski definition) is 2. The smallest absolute Gasteiger partial charge is 0.323 e. The number of halogens is 1. The molecule has 2 aliphatic rings. The predicted molar refractivity (Wildman–Crippen MR) is 77.5 cm³/mol. The lowest BCUT2D eigenvalue weighted by atomic mass is 9.81. The van der Waals surface area contributed by atoms with Gasteiger partial charge in [0.2, 0.25) is 0 Å². The number of aliphatic hydroxyl groups excluding tert-OH is 1. The van der Waals surface area contributed by atoms with Crippen LogP contribution in [0.2, 0.25) is 5.02 Å². The minimum atomic E-state index is -0.689. The molecule has 1 aromatic rings. The summed E-state index contributed by atoms with van der Waals surface area (Å²) < 4.78 is 0. The minimum Gasteiger partial charge on any atom is -0.384 e. The van der Waals surface area contributed by atoms with Crippen LogP contribution in [0.25, 0.3) is 0 Å². The molecule has 0 saturated heterocycles. The molecular formula is C15H15ClN2O2. The van der Waals surface area contributed by atoms with Gasteiger partial charge in [-0.1, -0.05) is 23.4 Å². The zero-order chi connectivity index (χ0) is 14.3. The first-order valence-corrected chi connectivity index (χ1v) is 6.93. The molecule has 2 N–H and O–H groups in total. The van der Waals surface area contributed by atoms with Gasteiger partial charge in [0.15, 0.2) is 0 Å². The third-order valence-corrected chi connectivity index (χ3v) is 4.23. The molecule has 20 heavy (non-hydrogen) atoms. The summed E-state index contributed by atoms with van der Waals surface area (Å²) in [7, 11) is 1.74. The molecule has 1 aromatic carbocycles. The Morgan fingerprint density at radius 2 is 2.30 bits per heavy atom. The Balaban J connectivity index is 2.25. The summed E-state index contributed by atoms with van der Waals surface area (Å²) in [5, 5.41) is 12.5. The molecule has 2 amide bonds. The van der Waals surface area contributed by atoms with Crippen LogP contribution in [-0.4, -0.2) is 29.7 Å². The Kier molecular flexibility index (Phi) is 3.12. The van der Waals surface area contributed by atoms with Gasteiger partial charge in [-0.2, -0.15) is 0 Å². The molecule has 0 spiro atoms. The van der Waals surface area contributed by atoms with Crippen molar-refractivity contribution in [2.75, 3.05) is 19.0 Å². The van der Waals surface area contributed by atoms with Gasteiger partial charge in [0.25, 0.3) is 0 Å². The highest BCUT2D eigenvalue weighted by Gasteiger charge is 2.53. The number of anilines is 1. The maximum Gasteiger partial charge on any atom is 0.323 e. The minimum absolute atomic E-state index is 0.182. The molecule has 0 aromatic heterocycles. The summed E-state index contributed by atoms with van der Waals surface area (Å²) in [4.78, 5) is 13.8. The van der Waals surface area contributed by atoms with Gasteiger partial charge in [-0.15, -0.1) is 0 Å². The highest BCUT2D eigenvalue weighted by Crippen LogP contribution is 2.52. The van der Waals surface area contributed by atoms with Crippen molar-refractivity contribution in [1.29, 1.82) is 0 Å². The number of nitrogens with zero attached hydrogens (tertiary/aromatic N) is 1. The van der Waals surface area contributed by atoms with E-state index in [2.05, 4.69) is 17.2 Å². The molecule has 1 aliphatic heterocycles. The molecule has 1 atom stereocenters. The number of hydrogen-bond acceptors (Lipinski definition) is 2. The lowest BCUT2D eigenvalue weighted by Gasteiger charge is -2.43. The summed E-state index contributed by atoms with van der Waals surface area (Å²) >= 11 is 6.12. The molecular weight excluding hydrogens is 276 g/mol. The quantitative estimate of drug-likeness (QED) is 0.781. The van der Waals surface area contributed by atoms with Crippen LogP contribution in [0.3, 0.4) is 0 Å². The number of rotatable bonds is 1. The van der Waals surface area contributed by atoms with Crippen LogP contribution in [0, 0.1) is 17.8 Å². The first-order valence-electron chi connectivity index (χ1n) is 6.55. The SMILES string of the molecule is CN1C(=O)Nc2ccc(Cl)cc2C1(C#CCO)C1CC1. The maximum atomic E-state index is 12.2. The van der Waals surface area contributed by atoms with Crippen LogP contribution in [-0.2, 0) is 5.54 Å². The number of benzene rings is 1. The molecule has 0 bridgehead atoms. The average molecular weight is 291 g/mol. The Hall–Kier alpha value is -1.70. The Morgan fingerprint density at radius 3 is 2.95 bits per heavy atom. The first kappa shape index (κ1) is 13.3. The molecule has 104 valence electrons. The van der Waals surface area contributed by atoms with Gasteiger partial charge >= 0.3 is 6.03 Å². The van der Waals surface area contributed by atoms with E-state index < -0.39 is 5.54 Å². The topological polar surface area (TPSA) is 52.6 Å². The highest BCUT2D eigenvalue weighted by atomic mass is 35.5. The molecule has 0 radical (unpaired) electrons. The summed E-state index contributed by atoms with van der Waals surface area (Å²) in [5.41, 5.74) is 0.970. The van der Waals surface area contributed by atoms with E-state index in [9.17, 15) is 4.79 Å². The fourth-order valence-electron chi connectivity index (χ4n) is 2.90. The molecule has 1 saturated carbocycles. The second-order valence-electron chi connectivity index (χ2n) is 5.18. The number of carbonyl (C=O) groups is 1. The van der Waals surface area contributed by atoms with Crippen molar-refractivity contribution < 1.29 is 9.90 Å². The molecule has 1 heterocycles. The van der Waals surface area contributed by atoms with Gasteiger partial charge in [-0.3, -0.25) is 0 Å². The van der Waals surface area contributed by atoms with E-state index in [4.69, 9.17) is 16.7 Å². The molecule has 1 aliphatic carbocycles. The van der Waals surface area contributed by atoms with E-state index >= 15 is 0 Å². The van der Waals surface area contributed by atoms with Crippen molar-refractivity contribution in [3.8, 4) is 11.8 Å². The predicted octanol–water partition coefficient (Wildman–Crippen LogP) is 2.42. The summed E-state index contributed by atoms with van der Waals surface area (Å²) in [5.74, 6) is 6.14. The Labute approximate surface area is 122 Å². The lowest BCUT2D eigenvalue weighted by Crippen LogP contribution is -2.53. The largest absolute Gasteiger partial charge is 0.384 e. The van der Waals surface area contributed by atoms with Crippen molar-refractivity contribution in [3.05, 3.63) is 28.8 Å². The van der Waals surface area contributed by atoms with Gasteiger partial charge in [0.05, 0.1) is 0 Å². The maximum absolute atomic E-state index is 12.2. The van der Waals surface area contributed by atoms with E-state index in [1.165, 1.54) is 0 Å². The second-order valence-corrected chi connectivity index (χ2v) is 5.62. The number of urea groups is 1. The number of nitrogens with one attached hydrogen (secondary N) is 1. The van der Waals surface area contributed by atoms with Crippen molar-refractivity contribution in [2.24, 2.45) is 5.92 Å². The number of amides is 2. The number of aliphatic hydroxyl groups is 1. The first-order chi connectivity index (χ1) is 9.59. The zero-order valence-corrected chi connectivity index (χ0v) is 11.9. The molecule has 5 heteroatoms. The number of carbonyl (C=O) groups excluding carboxylic acids is 1. The van der Waals surface area contributed by atoms with Crippen molar-refractivity contribution in [3.63, 3.8) is 0 Å². The normalized spacial score (nSPS) is 24.6. The van der Waals surface area contributed by atoms with Crippen molar-refractivity contribution in [2.45, 2.75) is 18.4 Å². The van der Waals surface area contributed by atoms with Gasteiger partial charge in [0.1, 0.15) is 12.1 Å². The van der Waals surface area contributed by atoms with E-state index in [0.29, 0.717) is 5.02 Å². The zero-order valence-electron chi connectivity index (χ0n) is 11.1. The van der Waals surface area contributed by atoms with Crippen LogP contribution in [0.4, 0.5) is 10.5 Å². The fourth-order valence-corrected chi connectivity index (χ4v) is 3.08. The average Bonchev–Trinajstić information content (AvgIpc) is 3.26. The van der Waals surface area contributed by atoms with E-state index in [1.807, 2.05) is 6.07 Å². The van der Waals surface area contributed by atoms with Gasteiger partial charge in [-0.05, 0) is 37.0 Å². The van der Waals surface area contributed by atoms with Gasteiger partial charge < -0.3 is 15.3 Å². The highest BCUT2D eigenvalue weighted by molar-refractivity contribution is 6.30. The van der Waals surface area contributed by atoms with Crippen molar-refractivity contribution >= 4 is 23.3 Å². The summed E-state index contributed by atoms with van der Waals surface area (Å²) in [6.07, 6.45) is 2.04. The van der Waals surface area contributed by atoms with Crippen LogP contribution >= 0.6 is 11.6 Å². The Bertz CT molecular complexity index is 630. The monoisotopic (exact) mass is 290 g/mol. The standard InChI is InChI=1S/C15H15ClN2O2/c1-18-14(20)17-13-6-5-11(16)9-12(13)15(18,7-2-8-19)10-3-4-10/h5-6,9-10,19H,3-4,8H2,1H3,(H,17,20). The lowest BCUT2D eigenvalue weighted by molar-refractivity contribution is 0.160. The third-order valence-electron chi connectivity index (χ3n) is 3.99. The van der Waals surface area contributed by atoms with E-state index in [0.717, 1.165) is 24.1 Å². The van der Waals surface area contributed by atoms with Crippen LogP contribution in [0.1, 0.15) is 18.4 Å². The van der Waals surface area contributed by atoms with Crippen LogP contribution in [0.5, 0.6) is 0 Å². The van der Waals surface area contributed by atoms with E-state index in [-0.39, 0.29) is 18.6 Å². The summed E-state index contributed by atoms with van der Waals surface area (Å²) in [6.45, 7) is -0.222. The molecule has 4 nitrogen and oxygen atoms in total. The summed E-state index contributed by atoms with van der Waals surface area (Å²) in [6, 6.07) is 5.24. The molecule has 3 rings (SSSR count). The van der Waals surface area contributed by atoms with Crippen molar-refractivity contribution in [1.82, 2.24) is 4.90 Å². The van der Waals surface area contributed by atoms with Crippen LogP contribution in [0.15, 0.2) is 18.2 Å². The second kappa shape index (κ2) is 4.69. The van der Waals surface area contributed by atoms with E-state index in [1.54, 1.807) is 24.1 Å². The van der Waals surface area contributed by atoms with Crippen LogP contribution < -0.4 is 5.32 Å². The fraction of sp³-hybridized carbons (Fsp3) is 0.400. The molecule has 1 unspecified atom stereocenters.